The van der Waals surface area contributed by atoms with Crippen molar-refractivity contribution < 1.29 is 0 Å². The van der Waals surface area contributed by atoms with Crippen molar-refractivity contribution >= 4 is 94.3 Å². The molecular weight excluding hydrogens is 280 g/mol. The average Bonchev–Trinajstić information content (AvgIpc) is 2.01. The minimum atomic E-state index is 0. The molecule has 0 aromatic carbocycles. The Balaban J connectivity index is 0. The van der Waals surface area contributed by atoms with Gasteiger partial charge in [-0.3, -0.25) is 0 Å². The second-order valence-electron chi connectivity index (χ2n) is 2.40. The van der Waals surface area contributed by atoms with Gasteiger partial charge in [-0.1, -0.05) is 54.4 Å². The van der Waals surface area contributed by atoms with Crippen molar-refractivity contribution in [1.29, 1.82) is 0 Å². The van der Waals surface area contributed by atoms with Crippen LogP contribution in [0.4, 0.5) is 0 Å². The summed E-state index contributed by atoms with van der Waals surface area (Å²) in [6.07, 6.45) is 3.49. The predicted octanol–water partition coefficient (Wildman–Crippen LogP) is 1.19. The van der Waals surface area contributed by atoms with Crippen LogP contribution in [-0.4, -0.2) is 57.9 Å². The molecule has 0 atom stereocenters. The SMILES string of the molecule is NC(=S)SCCCCCSC(N)=S.[CaH2]. The molecule has 2 nitrogen and oxygen atoms in total. The first-order valence-corrected chi connectivity index (χ1v) is 6.76. The fourth-order valence-electron chi connectivity index (χ4n) is 0.726. The Morgan fingerprint density at radius 1 is 0.857 bits per heavy atom. The van der Waals surface area contributed by atoms with Crippen LogP contribution in [0.5, 0.6) is 0 Å². The Morgan fingerprint density at radius 2 is 1.21 bits per heavy atom. The Bertz CT molecular complexity index is 159. The van der Waals surface area contributed by atoms with Gasteiger partial charge in [0.2, 0.25) is 0 Å². The Labute approximate surface area is 135 Å². The molecule has 0 rings (SSSR count). The molecule has 0 radical (unpaired) electrons. The molecule has 0 bridgehead atoms. The summed E-state index contributed by atoms with van der Waals surface area (Å²) in [5.74, 6) is 2.04. The van der Waals surface area contributed by atoms with Gasteiger partial charge in [0.05, 0.1) is 0 Å². The number of hydrogen-bond acceptors (Lipinski definition) is 4. The van der Waals surface area contributed by atoms with Crippen molar-refractivity contribution in [2.45, 2.75) is 19.3 Å². The predicted molar refractivity (Wildman–Crippen MR) is 80.9 cm³/mol. The summed E-state index contributed by atoms with van der Waals surface area (Å²) in [5, 5.41) is 0. The molecule has 0 aromatic heterocycles. The summed E-state index contributed by atoms with van der Waals surface area (Å²) in [4.78, 5) is 0. The minimum absolute atomic E-state index is 0. The van der Waals surface area contributed by atoms with Crippen molar-refractivity contribution in [2.75, 3.05) is 11.5 Å². The topological polar surface area (TPSA) is 52.0 Å². The number of rotatable bonds is 6. The summed E-state index contributed by atoms with van der Waals surface area (Å²) < 4.78 is 1.08. The van der Waals surface area contributed by atoms with E-state index in [0.29, 0.717) is 8.64 Å². The number of thiocarbonyl (C=S) groups is 2. The van der Waals surface area contributed by atoms with Gasteiger partial charge in [0.25, 0.3) is 0 Å². The molecule has 0 saturated carbocycles. The standard InChI is InChI=1S/C7H14N2S4.Ca.2H/c8-6(10)12-4-2-1-3-5-13-7(9)11;;;/h1-5H2,(H2,8,10)(H2,9,11);;;. The van der Waals surface area contributed by atoms with E-state index < -0.39 is 0 Å². The molecule has 0 aliphatic heterocycles. The molecule has 0 spiro atoms. The van der Waals surface area contributed by atoms with E-state index in [0.717, 1.165) is 24.3 Å². The average molecular weight is 297 g/mol. The fourth-order valence-corrected chi connectivity index (χ4v) is 2.33. The van der Waals surface area contributed by atoms with E-state index in [4.69, 9.17) is 35.9 Å². The van der Waals surface area contributed by atoms with Crippen LogP contribution in [0.1, 0.15) is 19.3 Å². The first kappa shape index (κ1) is 18.1. The van der Waals surface area contributed by atoms with E-state index in [1.807, 2.05) is 0 Å². The van der Waals surface area contributed by atoms with E-state index in [1.165, 1.54) is 6.42 Å². The van der Waals surface area contributed by atoms with Crippen molar-refractivity contribution in [3.05, 3.63) is 0 Å². The molecule has 0 aliphatic rings. The molecule has 4 N–H and O–H groups in total. The second kappa shape index (κ2) is 12.8. The van der Waals surface area contributed by atoms with Gasteiger partial charge in [0.1, 0.15) is 8.64 Å². The second-order valence-corrected chi connectivity index (χ2v) is 6.07. The van der Waals surface area contributed by atoms with Crippen molar-refractivity contribution in [1.82, 2.24) is 0 Å². The molecule has 0 aromatic rings. The molecule has 0 saturated heterocycles. The molecule has 0 fully saturated rings. The van der Waals surface area contributed by atoms with Crippen LogP contribution in [0.25, 0.3) is 0 Å². The van der Waals surface area contributed by atoms with Crippen LogP contribution in [0.3, 0.4) is 0 Å². The van der Waals surface area contributed by atoms with Crippen LogP contribution in [0.2, 0.25) is 0 Å². The van der Waals surface area contributed by atoms with Crippen molar-refractivity contribution in [3.8, 4) is 0 Å². The molecule has 14 heavy (non-hydrogen) atoms. The molecule has 0 heterocycles. The van der Waals surface area contributed by atoms with Gasteiger partial charge in [-0.05, 0) is 12.8 Å². The third-order valence-corrected chi connectivity index (χ3v) is 3.54. The van der Waals surface area contributed by atoms with Gasteiger partial charge < -0.3 is 11.5 Å². The normalized spacial score (nSPS) is 9.14. The Hall–Kier alpha value is 1.74. The maximum atomic E-state index is 5.33. The van der Waals surface area contributed by atoms with Crippen molar-refractivity contribution in [2.24, 2.45) is 11.5 Å². The van der Waals surface area contributed by atoms with E-state index in [-0.39, 0.29) is 37.7 Å². The van der Waals surface area contributed by atoms with E-state index in [2.05, 4.69) is 0 Å². The molecule has 80 valence electrons. The molecule has 7 heteroatoms. The van der Waals surface area contributed by atoms with E-state index in [1.54, 1.807) is 23.5 Å². The summed E-state index contributed by atoms with van der Waals surface area (Å²) in [7, 11) is 0. The van der Waals surface area contributed by atoms with Gasteiger partial charge in [0, 0.05) is 11.5 Å². The molecular formula is C7H16CaN2S4. The zero-order chi connectivity index (χ0) is 10.1. The fraction of sp³-hybridized carbons (Fsp3) is 0.714. The zero-order valence-corrected chi connectivity index (χ0v) is 10.6. The summed E-state index contributed by atoms with van der Waals surface area (Å²) in [6.45, 7) is 0. The summed E-state index contributed by atoms with van der Waals surface area (Å²) in [6, 6.07) is 0. The van der Waals surface area contributed by atoms with E-state index in [9.17, 15) is 0 Å². The quantitative estimate of drug-likeness (QED) is 0.436. The molecule has 0 amide bonds. The number of hydrogen-bond donors (Lipinski definition) is 2. The first-order valence-electron chi connectivity index (χ1n) is 3.97. The number of nitrogens with two attached hydrogens (primary N) is 2. The van der Waals surface area contributed by atoms with Gasteiger partial charge in [0.15, 0.2) is 0 Å². The molecule has 0 aliphatic carbocycles. The van der Waals surface area contributed by atoms with Crippen LogP contribution in [0.15, 0.2) is 0 Å². The summed E-state index contributed by atoms with van der Waals surface area (Å²) in [5.41, 5.74) is 10.7. The van der Waals surface area contributed by atoms with E-state index >= 15 is 0 Å². The third kappa shape index (κ3) is 16.2. The number of thioether (sulfide) groups is 2. The molecule has 0 unspecified atom stereocenters. The van der Waals surface area contributed by atoms with Crippen LogP contribution in [0, 0.1) is 0 Å². The van der Waals surface area contributed by atoms with Gasteiger partial charge in [-0.25, -0.2) is 0 Å². The van der Waals surface area contributed by atoms with Gasteiger partial charge in [-0.15, -0.1) is 0 Å². The first-order chi connectivity index (χ1) is 6.13. The summed E-state index contributed by atoms with van der Waals surface area (Å²) >= 11 is 12.6. The van der Waals surface area contributed by atoms with Crippen LogP contribution < -0.4 is 11.5 Å². The van der Waals surface area contributed by atoms with Gasteiger partial charge in [-0.2, -0.15) is 0 Å². The Kier molecular flexibility index (Phi) is 16.6. The van der Waals surface area contributed by atoms with Gasteiger partial charge >= 0.3 is 37.7 Å². The number of unbranched alkanes of at least 4 members (excludes halogenated alkanes) is 2. The van der Waals surface area contributed by atoms with Crippen molar-refractivity contribution in [3.63, 3.8) is 0 Å². The Morgan fingerprint density at radius 3 is 1.50 bits per heavy atom. The van der Waals surface area contributed by atoms with Crippen LogP contribution >= 0.6 is 48.0 Å². The monoisotopic (exact) mass is 296 g/mol. The maximum absolute atomic E-state index is 5.33. The third-order valence-electron chi connectivity index (χ3n) is 1.28. The zero-order valence-electron chi connectivity index (χ0n) is 7.32. The van der Waals surface area contributed by atoms with Crippen LogP contribution in [-0.2, 0) is 0 Å².